The molecule has 2 heterocycles. The summed E-state index contributed by atoms with van der Waals surface area (Å²) >= 11 is 0. The lowest BCUT2D eigenvalue weighted by atomic mass is 9.75. The van der Waals surface area contributed by atoms with E-state index < -0.39 is 0 Å². The van der Waals surface area contributed by atoms with E-state index in [-0.39, 0.29) is 23.2 Å². The number of allylic oxidation sites excluding steroid dienone is 2. The van der Waals surface area contributed by atoms with Crippen LogP contribution in [-0.2, 0) is 11.8 Å². The molecule has 0 saturated heterocycles. The normalized spacial score (nSPS) is 26.3. The number of rotatable bonds is 1. The van der Waals surface area contributed by atoms with Gasteiger partial charge in [0.25, 0.3) is 0 Å². The van der Waals surface area contributed by atoms with Crippen LogP contribution in [0.5, 0.6) is 0 Å². The molecule has 4 aliphatic carbocycles. The number of carbonyl (C=O) groups excluding carboxylic acids is 1. The van der Waals surface area contributed by atoms with Crippen LogP contribution in [0.1, 0.15) is 47.4 Å². The van der Waals surface area contributed by atoms with Crippen molar-refractivity contribution in [3.63, 3.8) is 0 Å². The molecule has 0 radical (unpaired) electrons. The average Bonchev–Trinajstić information content (AvgIpc) is 3.06. The van der Waals surface area contributed by atoms with Crippen LogP contribution in [0.15, 0.2) is 24.5 Å². The molecule has 0 atom stereocenters. The highest BCUT2D eigenvalue weighted by Crippen LogP contribution is 2.64. The maximum atomic E-state index is 12.8. The monoisotopic (exact) mass is 328 g/mol. The molecule has 0 aromatic carbocycles. The van der Waals surface area contributed by atoms with Gasteiger partial charge in [-0.25, -0.2) is 4.68 Å². The zero-order chi connectivity index (χ0) is 16.8. The van der Waals surface area contributed by atoms with Crippen LogP contribution in [0.2, 0.25) is 0 Å². The van der Waals surface area contributed by atoms with Crippen molar-refractivity contribution in [3.05, 3.63) is 41.5 Å². The van der Waals surface area contributed by atoms with Crippen LogP contribution in [0.3, 0.4) is 0 Å². The van der Waals surface area contributed by atoms with Crippen molar-refractivity contribution in [2.24, 2.45) is 11.8 Å². The third kappa shape index (κ3) is 1.55. The first kappa shape index (κ1) is 13.5. The van der Waals surface area contributed by atoms with Crippen LogP contribution in [0.4, 0.5) is 0 Å². The molecule has 0 unspecified atom stereocenters. The van der Waals surface area contributed by atoms with Gasteiger partial charge >= 0.3 is 0 Å². The predicted molar refractivity (Wildman–Crippen MR) is 90.5 cm³/mol. The number of hydrogen-bond acceptors (Lipinski definition) is 4. The summed E-state index contributed by atoms with van der Waals surface area (Å²) in [5.74, 6) is 0.00932. The third-order valence-electron chi connectivity index (χ3n) is 6.42. The maximum Gasteiger partial charge on any atom is 0.250 e. The highest BCUT2D eigenvalue weighted by atomic mass is 16.2. The second-order valence-electron chi connectivity index (χ2n) is 7.75. The zero-order valence-electron chi connectivity index (χ0n) is 13.7. The summed E-state index contributed by atoms with van der Waals surface area (Å²) in [4.78, 5) is 17.3. The number of carbonyl (C=O) groups is 1. The summed E-state index contributed by atoms with van der Waals surface area (Å²) in [6, 6.07) is 4.30. The van der Waals surface area contributed by atoms with Gasteiger partial charge in [0.05, 0.1) is 17.5 Å². The van der Waals surface area contributed by atoms with Crippen LogP contribution >= 0.6 is 0 Å². The highest BCUT2D eigenvalue weighted by Gasteiger charge is 2.55. The SMILES string of the molecule is N#CC1CC(C(=O)n2cc3c(n2)C2(CC2)C2=CCc4nccc-3c42)C1. The van der Waals surface area contributed by atoms with Gasteiger partial charge in [0.1, 0.15) is 0 Å². The van der Waals surface area contributed by atoms with Gasteiger partial charge in [-0.3, -0.25) is 9.78 Å². The number of hydrogen-bond donors (Lipinski definition) is 0. The Labute approximate surface area is 145 Å². The average molecular weight is 328 g/mol. The molecule has 4 aliphatic rings. The molecule has 25 heavy (non-hydrogen) atoms. The minimum Gasteiger partial charge on any atom is -0.272 e. The first-order chi connectivity index (χ1) is 12.2. The van der Waals surface area contributed by atoms with Crippen LogP contribution in [0.25, 0.3) is 16.7 Å². The minimum atomic E-state index is -0.0588. The fourth-order valence-electron chi connectivity index (χ4n) is 4.83. The largest absolute Gasteiger partial charge is 0.272 e. The van der Waals surface area contributed by atoms with Crippen molar-refractivity contribution in [3.8, 4) is 17.2 Å². The van der Waals surface area contributed by atoms with Gasteiger partial charge in [-0.15, -0.1) is 0 Å². The van der Waals surface area contributed by atoms with Crippen molar-refractivity contribution in [2.45, 2.75) is 37.5 Å². The molecule has 2 aromatic rings. The summed E-state index contributed by atoms with van der Waals surface area (Å²) in [5.41, 5.74) is 7.16. The molecule has 0 bridgehead atoms. The lowest BCUT2D eigenvalue weighted by Gasteiger charge is -2.28. The Morgan fingerprint density at radius 3 is 2.92 bits per heavy atom. The first-order valence-corrected chi connectivity index (χ1v) is 8.94. The maximum absolute atomic E-state index is 12.8. The van der Waals surface area contributed by atoms with Gasteiger partial charge < -0.3 is 0 Å². The molecule has 5 heteroatoms. The Morgan fingerprint density at radius 2 is 2.16 bits per heavy atom. The van der Waals surface area contributed by atoms with Crippen molar-refractivity contribution in [2.75, 3.05) is 0 Å². The van der Waals surface area contributed by atoms with E-state index in [9.17, 15) is 4.79 Å². The van der Waals surface area contributed by atoms with Crippen LogP contribution in [0, 0.1) is 23.2 Å². The summed E-state index contributed by atoms with van der Waals surface area (Å²) in [6.07, 6.45) is 10.5. The molecule has 122 valence electrons. The quantitative estimate of drug-likeness (QED) is 0.806. The number of nitriles is 1. The molecule has 2 saturated carbocycles. The van der Waals surface area contributed by atoms with Crippen LogP contribution in [-0.4, -0.2) is 20.7 Å². The summed E-state index contributed by atoms with van der Waals surface area (Å²) in [5, 5.41) is 13.7. The topological polar surface area (TPSA) is 71.6 Å². The fraction of sp³-hybridized carbons (Fsp3) is 0.400. The molecule has 6 rings (SSSR count). The third-order valence-corrected chi connectivity index (χ3v) is 6.42. The van der Waals surface area contributed by atoms with E-state index in [4.69, 9.17) is 10.4 Å². The summed E-state index contributed by atoms with van der Waals surface area (Å²) < 4.78 is 1.55. The zero-order valence-corrected chi connectivity index (χ0v) is 13.7. The second kappa shape index (κ2) is 4.26. The van der Waals surface area contributed by atoms with Crippen LogP contribution < -0.4 is 0 Å². The predicted octanol–water partition coefficient (Wildman–Crippen LogP) is 3.12. The fourth-order valence-corrected chi connectivity index (χ4v) is 4.83. The molecule has 2 aromatic heterocycles. The van der Waals surface area contributed by atoms with Gasteiger partial charge in [-0.05, 0) is 42.9 Å². The molecule has 2 fully saturated rings. The van der Waals surface area contributed by atoms with E-state index in [1.807, 2.05) is 12.4 Å². The molecule has 0 N–H and O–H groups in total. The lowest BCUT2D eigenvalue weighted by Crippen LogP contribution is -2.33. The molecular formula is C20H16N4O. The number of pyridine rings is 1. The van der Waals surface area contributed by atoms with E-state index >= 15 is 0 Å². The summed E-state index contributed by atoms with van der Waals surface area (Å²) in [6.45, 7) is 0. The minimum absolute atomic E-state index is 0.0109. The molecular weight excluding hydrogens is 312 g/mol. The van der Waals surface area contributed by atoms with Gasteiger partial charge in [0, 0.05) is 47.2 Å². The van der Waals surface area contributed by atoms with E-state index in [0.717, 1.165) is 36.2 Å². The molecule has 1 spiro atoms. The number of nitrogens with zero attached hydrogens (tertiary/aromatic N) is 4. The molecule has 0 aliphatic heterocycles. The Balaban J connectivity index is 1.48. The second-order valence-corrected chi connectivity index (χ2v) is 7.75. The van der Waals surface area contributed by atoms with Gasteiger partial charge in [-0.2, -0.15) is 10.4 Å². The Morgan fingerprint density at radius 1 is 1.32 bits per heavy atom. The van der Waals surface area contributed by atoms with Gasteiger partial charge in [0.15, 0.2) is 0 Å². The van der Waals surface area contributed by atoms with Crippen molar-refractivity contribution in [1.82, 2.24) is 14.8 Å². The van der Waals surface area contributed by atoms with E-state index in [1.165, 1.54) is 16.7 Å². The molecule has 5 nitrogen and oxygen atoms in total. The smallest absolute Gasteiger partial charge is 0.250 e. The van der Waals surface area contributed by atoms with Gasteiger partial charge in [-0.1, -0.05) is 6.08 Å². The Kier molecular flexibility index (Phi) is 2.31. The van der Waals surface area contributed by atoms with Gasteiger partial charge in [0.2, 0.25) is 5.91 Å². The Bertz CT molecular complexity index is 1030. The lowest BCUT2D eigenvalue weighted by molar-refractivity contribution is 0.0707. The van der Waals surface area contributed by atoms with Crippen molar-refractivity contribution >= 4 is 11.5 Å². The number of aromatic nitrogens is 3. The number of fused-ring (bicyclic) bond motifs is 4. The van der Waals surface area contributed by atoms with E-state index in [0.29, 0.717) is 12.8 Å². The first-order valence-electron chi connectivity index (χ1n) is 8.94. The van der Waals surface area contributed by atoms with E-state index in [2.05, 4.69) is 23.2 Å². The highest BCUT2D eigenvalue weighted by molar-refractivity contribution is 5.97. The Hall–Kier alpha value is -2.74. The van der Waals surface area contributed by atoms with Crippen molar-refractivity contribution in [1.29, 1.82) is 5.26 Å². The summed E-state index contributed by atoms with van der Waals surface area (Å²) in [7, 11) is 0. The van der Waals surface area contributed by atoms with Crippen molar-refractivity contribution < 1.29 is 4.79 Å². The standard InChI is InChI=1S/C20H16N4O/c21-9-11-7-12(8-11)19(25)24-10-14-13-3-6-22-16-2-1-15(17(13)16)20(4-5-20)18(14)23-24/h1,3,6,10-12H,2,4-5,7-8H2. The van der Waals surface area contributed by atoms with E-state index in [1.54, 1.807) is 4.68 Å². The molecule has 0 amide bonds.